The van der Waals surface area contributed by atoms with Gasteiger partial charge >= 0.3 is 6.18 Å². The SMILES string of the molecule is Cc1ccccc1-n1ncc(C(=O)N2CCCC(N)C2)c1C(F)(F)F. The Morgan fingerprint density at radius 3 is 2.68 bits per heavy atom. The molecule has 1 fully saturated rings. The van der Waals surface area contributed by atoms with Crippen LogP contribution < -0.4 is 5.73 Å². The molecule has 2 heterocycles. The van der Waals surface area contributed by atoms with E-state index in [0.717, 1.165) is 17.3 Å². The normalized spacial score (nSPS) is 18.4. The van der Waals surface area contributed by atoms with E-state index in [1.165, 1.54) is 4.90 Å². The molecule has 5 nitrogen and oxygen atoms in total. The summed E-state index contributed by atoms with van der Waals surface area (Å²) in [6, 6.07) is 6.40. The summed E-state index contributed by atoms with van der Waals surface area (Å²) >= 11 is 0. The highest BCUT2D eigenvalue weighted by atomic mass is 19.4. The van der Waals surface area contributed by atoms with Gasteiger partial charge < -0.3 is 10.6 Å². The van der Waals surface area contributed by atoms with Crippen LogP contribution in [0.2, 0.25) is 0 Å². The van der Waals surface area contributed by atoms with Gasteiger partial charge in [0, 0.05) is 19.1 Å². The molecule has 134 valence electrons. The summed E-state index contributed by atoms with van der Waals surface area (Å²) in [4.78, 5) is 14.0. The number of nitrogens with two attached hydrogens (primary N) is 1. The predicted molar refractivity (Wildman–Crippen MR) is 86.4 cm³/mol. The first-order valence-corrected chi connectivity index (χ1v) is 8.05. The average Bonchev–Trinajstić information content (AvgIpc) is 2.99. The number of carbonyl (C=O) groups excluding carboxylic acids is 1. The van der Waals surface area contributed by atoms with Crippen LogP contribution in [0.15, 0.2) is 30.5 Å². The number of para-hydroxylation sites is 1. The number of alkyl halides is 3. The molecule has 0 radical (unpaired) electrons. The van der Waals surface area contributed by atoms with Crippen LogP contribution in [-0.2, 0) is 6.18 Å². The molecule has 3 rings (SSSR count). The number of carbonyl (C=O) groups is 1. The van der Waals surface area contributed by atoms with Crippen molar-refractivity contribution >= 4 is 5.91 Å². The Kier molecular flexibility index (Phi) is 4.55. The summed E-state index contributed by atoms with van der Waals surface area (Å²) in [7, 11) is 0. The van der Waals surface area contributed by atoms with Crippen molar-refractivity contribution in [3.8, 4) is 5.69 Å². The number of aromatic nitrogens is 2. The van der Waals surface area contributed by atoms with Gasteiger partial charge in [0.1, 0.15) is 0 Å². The predicted octanol–water partition coefficient (Wildman–Crippen LogP) is 2.76. The number of rotatable bonds is 2. The van der Waals surface area contributed by atoms with Crippen molar-refractivity contribution in [2.24, 2.45) is 5.73 Å². The number of piperidine rings is 1. The number of halogens is 3. The molecule has 8 heteroatoms. The summed E-state index contributed by atoms with van der Waals surface area (Å²) in [6.07, 6.45) is -2.27. The van der Waals surface area contributed by atoms with E-state index in [0.29, 0.717) is 24.2 Å². The van der Waals surface area contributed by atoms with Gasteiger partial charge in [-0.25, -0.2) is 4.68 Å². The number of aryl methyl sites for hydroxylation is 1. The minimum atomic E-state index is -4.71. The Morgan fingerprint density at radius 2 is 2.04 bits per heavy atom. The molecule has 1 aromatic carbocycles. The highest BCUT2D eigenvalue weighted by Crippen LogP contribution is 2.35. The van der Waals surface area contributed by atoms with Crippen LogP contribution in [0.25, 0.3) is 5.69 Å². The number of nitrogens with zero attached hydrogens (tertiary/aromatic N) is 3. The van der Waals surface area contributed by atoms with Crippen LogP contribution in [0.3, 0.4) is 0 Å². The fraction of sp³-hybridized carbons (Fsp3) is 0.412. The van der Waals surface area contributed by atoms with Gasteiger partial charge in [-0.2, -0.15) is 18.3 Å². The summed E-state index contributed by atoms with van der Waals surface area (Å²) in [6.45, 7) is 2.35. The van der Waals surface area contributed by atoms with Gasteiger partial charge in [-0.05, 0) is 31.4 Å². The van der Waals surface area contributed by atoms with Crippen molar-refractivity contribution in [3.05, 3.63) is 47.3 Å². The maximum absolute atomic E-state index is 13.7. The lowest BCUT2D eigenvalue weighted by Gasteiger charge is -2.30. The topological polar surface area (TPSA) is 64.2 Å². The van der Waals surface area contributed by atoms with Gasteiger partial charge in [-0.1, -0.05) is 18.2 Å². The summed E-state index contributed by atoms with van der Waals surface area (Å²) in [5.41, 5.74) is 5.28. The molecule has 25 heavy (non-hydrogen) atoms. The summed E-state index contributed by atoms with van der Waals surface area (Å²) < 4.78 is 41.9. The van der Waals surface area contributed by atoms with Crippen molar-refractivity contribution in [1.82, 2.24) is 14.7 Å². The molecule has 1 unspecified atom stereocenters. The fourth-order valence-electron chi connectivity index (χ4n) is 3.13. The van der Waals surface area contributed by atoms with Gasteiger partial charge in [0.2, 0.25) is 0 Å². The molecular formula is C17H19F3N4O. The second kappa shape index (κ2) is 6.51. The average molecular weight is 352 g/mol. The first-order chi connectivity index (χ1) is 11.8. The van der Waals surface area contributed by atoms with Crippen molar-refractivity contribution in [3.63, 3.8) is 0 Å². The molecule has 2 N–H and O–H groups in total. The Hall–Kier alpha value is -2.35. The minimum absolute atomic E-state index is 0.210. The van der Waals surface area contributed by atoms with Crippen molar-refractivity contribution in [1.29, 1.82) is 0 Å². The van der Waals surface area contributed by atoms with E-state index in [4.69, 9.17) is 5.73 Å². The smallest absolute Gasteiger partial charge is 0.337 e. The van der Waals surface area contributed by atoms with Gasteiger partial charge in [-0.15, -0.1) is 0 Å². The molecule has 1 amide bonds. The van der Waals surface area contributed by atoms with E-state index in [9.17, 15) is 18.0 Å². The molecule has 2 aromatic rings. The number of likely N-dealkylation sites (tertiary alicyclic amines) is 1. The fourth-order valence-corrected chi connectivity index (χ4v) is 3.13. The number of amides is 1. The zero-order chi connectivity index (χ0) is 18.2. The number of benzene rings is 1. The molecule has 1 aliphatic rings. The lowest BCUT2D eigenvalue weighted by atomic mass is 10.1. The minimum Gasteiger partial charge on any atom is -0.337 e. The summed E-state index contributed by atoms with van der Waals surface area (Å²) in [5.74, 6) is -0.678. The Bertz CT molecular complexity index is 784. The molecule has 1 aliphatic heterocycles. The highest BCUT2D eigenvalue weighted by molar-refractivity contribution is 5.95. The van der Waals surface area contributed by atoms with Crippen LogP contribution in [0.1, 0.15) is 34.5 Å². The quantitative estimate of drug-likeness (QED) is 0.904. The van der Waals surface area contributed by atoms with Crippen molar-refractivity contribution < 1.29 is 18.0 Å². The molecule has 1 atom stereocenters. The Balaban J connectivity index is 2.06. The number of hydrogen-bond acceptors (Lipinski definition) is 3. The molecule has 0 bridgehead atoms. The third kappa shape index (κ3) is 3.39. The van der Waals surface area contributed by atoms with Crippen LogP contribution in [0.4, 0.5) is 13.2 Å². The third-order valence-corrected chi connectivity index (χ3v) is 4.36. The van der Waals surface area contributed by atoms with E-state index in [-0.39, 0.29) is 12.6 Å². The van der Waals surface area contributed by atoms with Gasteiger partial charge in [0.15, 0.2) is 5.69 Å². The first-order valence-electron chi connectivity index (χ1n) is 8.05. The second-order valence-corrected chi connectivity index (χ2v) is 6.26. The van der Waals surface area contributed by atoms with E-state index in [2.05, 4.69) is 5.10 Å². The number of hydrogen-bond donors (Lipinski definition) is 1. The van der Waals surface area contributed by atoms with Crippen LogP contribution in [-0.4, -0.2) is 39.7 Å². The molecule has 1 saturated heterocycles. The molecule has 0 aliphatic carbocycles. The third-order valence-electron chi connectivity index (χ3n) is 4.36. The molecule has 1 aromatic heterocycles. The lowest BCUT2D eigenvalue weighted by molar-refractivity contribution is -0.143. The van der Waals surface area contributed by atoms with Gasteiger partial charge in [0.05, 0.1) is 17.4 Å². The van der Waals surface area contributed by atoms with E-state index in [1.54, 1.807) is 31.2 Å². The van der Waals surface area contributed by atoms with E-state index in [1.807, 2.05) is 0 Å². The maximum Gasteiger partial charge on any atom is 0.434 e. The van der Waals surface area contributed by atoms with Crippen molar-refractivity contribution in [2.75, 3.05) is 13.1 Å². The van der Waals surface area contributed by atoms with Crippen molar-refractivity contribution in [2.45, 2.75) is 32.0 Å². The standard InChI is InChI=1S/C17H19F3N4O/c1-11-5-2-3-7-14(11)24-15(17(18,19)20)13(9-22-24)16(25)23-8-4-6-12(21)10-23/h2-3,5,7,9,12H,4,6,8,10,21H2,1H3. The van der Waals surface area contributed by atoms with Crippen LogP contribution >= 0.6 is 0 Å². The van der Waals surface area contributed by atoms with Gasteiger partial charge in [0.25, 0.3) is 5.91 Å². The highest BCUT2D eigenvalue weighted by Gasteiger charge is 2.42. The van der Waals surface area contributed by atoms with E-state index >= 15 is 0 Å². The second-order valence-electron chi connectivity index (χ2n) is 6.26. The zero-order valence-electron chi connectivity index (χ0n) is 13.8. The van der Waals surface area contributed by atoms with E-state index < -0.39 is 23.3 Å². The van der Waals surface area contributed by atoms with Crippen LogP contribution in [0.5, 0.6) is 0 Å². The molecule has 0 spiro atoms. The molecule has 0 saturated carbocycles. The lowest BCUT2D eigenvalue weighted by Crippen LogP contribution is -2.46. The molecular weight excluding hydrogens is 333 g/mol. The monoisotopic (exact) mass is 352 g/mol. The Morgan fingerprint density at radius 1 is 1.32 bits per heavy atom. The first kappa shape index (κ1) is 17.5. The van der Waals surface area contributed by atoms with Gasteiger partial charge in [-0.3, -0.25) is 4.79 Å². The Labute approximate surface area is 143 Å². The summed E-state index contributed by atoms with van der Waals surface area (Å²) in [5, 5.41) is 3.87. The van der Waals surface area contributed by atoms with Crippen LogP contribution in [0, 0.1) is 6.92 Å². The largest absolute Gasteiger partial charge is 0.434 e. The maximum atomic E-state index is 13.7. The zero-order valence-corrected chi connectivity index (χ0v) is 13.8.